The van der Waals surface area contributed by atoms with Gasteiger partial charge < -0.3 is 10.5 Å². The van der Waals surface area contributed by atoms with Crippen molar-refractivity contribution in [3.63, 3.8) is 0 Å². The highest BCUT2D eigenvalue weighted by atomic mass is 35.5. The summed E-state index contributed by atoms with van der Waals surface area (Å²) in [5.41, 5.74) is 6.94. The third kappa shape index (κ3) is 3.28. The molecular formula is C17H11ClF2N3O. The summed E-state index contributed by atoms with van der Waals surface area (Å²) in [5, 5.41) is -0.337. The molecule has 7 heteroatoms. The Balaban J connectivity index is 1.87. The molecule has 0 saturated heterocycles. The molecule has 24 heavy (non-hydrogen) atoms. The van der Waals surface area contributed by atoms with Crippen LogP contribution in [0.2, 0.25) is 5.02 Å². The number of rotatable bonds is 4. The van der Waals surface area contributed by atoms with E-state index in [9.17, 15) is 8.78 Å². The molecule has 0 atom stereocenters. The highest BCUT2D eigenvalue weighted by molar-refractivity contribution is 6.31. The number of anilines is 1. The van der Waals surface area contributed by atoms with E-state index in [-0.39, 0.29) is 28.9 Å². The number of ether oxygens (including phenoxy) is 1. The topological polar surface area (TPSA) is 61.0 Å². The molecule has 121 valence electrons. The molecule has 0 fully saturated rings. The largest absolute Gasteiger partial charge is 0.470 e. The number of hydrogen-bond acceptors (Lipinski definition) is 4. The van der Waals surface area contributed by atoms with Crippen LogP contribution >= 0.6 is 11.6 Å². The normalized spacial score (nSPS) is 10.6. The summed E-state index contributed by atoms with van der Waals surface area (Å²) in [7, 11) is 0. The summed E-state index contributed by atoms with van der Waals surface area (Å²) in [4.78, 5) is 8.27. The van der Waals surface area contributed by atoms with E-state index in [4.69, 9.17) is 22.1 Å². The van der Waals surface area contributed by atoms with Crippen molar-refractivity contribution in [2.75, 3.05) is 5.73 Å². The summed E-state index contributed by atoms with van der Waals surface area (Å²) in [6.45, 7) is -0.326. The number of nitrogens with zero attached hydrogens (tertiary/aromatic N) is 2. The molecule has 0 aliphatic heterocycles. The molecule has 0 saturated carbocycles. The second-order valence-corrected chi connectivity index (χ2v) is 5.22. The zero-order valence-corrected chi connectivity index (χ0v) is 13.0. The van der Waals surface area contributed by atoms with Crippen molar-refractivity contribution < 1.29 is 13.5 Å². The van der Waals surface area contributed by atoms with Gasteiger partial charge in [-0.2, -0.15) is 0 Å². The standard InChI is InChI=1S/C17H11ClF2N3O/c18-15-11(12(19)6-7-13(15)20)9-24-17-16(21)22-8-14(23-17)10-4-2-1-3-5-10/h2-8H,9H2,(H2,21,22). The lowest BCUT2D eigenvalue weighted by Gasteiger charge is -2.11. The van der Waals surface area contributed by atoms with Gasteiger partial charge in [-0.25, -0.2) is 18.7 Å². The fourth-order valence-electron chi connectivity index (χ4n) is 2.03. The summed E-state index contributed by atoms with van der Waals surface area (Å²) in [6.07, 6.45) is 1.49. The average Bonchev–Trinajstić information content (AvgIpc) is 2.60. The number of nitrogens with two attached hydrogens (primary N) is 1. The van der Waals surface area contributed by atoms with Gasteiger partial charge in [0.05, 0.1) is 16.9 Å². The Morgan fingerprint density at radius 3 is 2.58 bits per heavy atom. The van der Waals surface area contributed by atoms with Crippen molar-refractivity contribution >= 4 is 17.4 Å². The molecule has 1 aromatic heterocycles. The Bertz CT molecular complexity index is 875. The van der Waals surface area contributed by atoms with E-state index in [1.54, 1.807) is 24.3 Å². The third-order valence-electron chi connectivity index (χ3n) is 3.27. The number of benzene rings is 2. The van der Waals surface area contributed by atoms with Crippen molar-refractivity contribution in [1.29, 1.82) is 0 Å². The minimum absolute atomic E-state index is 0.0139. The summed E-state index contributed by atoms with van der Waals surface area (Å²) in [6, 6.07) is 11.9. The predicted octanol–water partition coefficient (Wildman–Crippen LogP) is 4.04. The van der Waals surface area contributed by atoms with Gasteiger partial charge in [-0.05, 0) is 18.2 Å². The molecule has 3 aromatic rings. The molecule has 0 aliphatic rings. The lowest BCUT2D eigenvalue weighted by atomic mass is 10.2. The Kier molecular flexibility index (Phi) is 4.57. The fourth-order valence-corrected chi connectivity index (χ4v) is 2.23. The van der Waals surface area contributed by atoms with Gasteiger partial charge in [-0.3, -0.25) is 0 Å². The van der Waals surface area contributed by atoms with E-state index < -0.39 is 11.6 Å². The van der Waals surface area contributed by atoms with Gasteiger partial charge in [0.25, 0.3) is 5.88 Å². The van der Waals surface area contributed by atoms with Gasteiger partial charge in [-0.15, -0.1) is 0 Å². The molecule has 4 nitrogen and oxygen atoms in total. The van der Waals surface area contributed by atoms with Crippen LogP contribution in [0.1, 0.15) is 5.56 Å². The highest BCUT2D eigenvalue weighted by Crippen LogP contribution is 2.26. The summed E-state index contributed by atoms with van der Waals surface area (Å²) >= 11 is 5.77. The minimum Gasteiger partial charge on any atom is -0.470 e. The predicted molar refractivity (Wildman–Crippen MR) is 86.4 cm³/mol. The van der Waals surface area contributed by atoms with Crippen LogP contribution in [0.5, 0.6) is 5.88 Å². The van der Waals surface area contributed by atoms with Crippen LogP contribution in [-0.4, -0.2) is 9.97 Å². The van der Waals surface area contributed by atoms with E-state index in [1.165, 1.54) is 6.20 Å². The fraction of sp³-hybridized carbons (Fsp3) is 0.0588. The van der Waals surface area contributed by atoms with Crippen molar-refractivity contribution in [2.24, 2.45) is 0 Å². The summed E-state index contributed by atoms with van der Waals surface area (Å²) < 4.78 is 32.6. The molecule has 0 bridgehead atoms. The first-order chi connectivity index (χ1) is 11.6. The highest BCUT2D eigenvalue weighted by Gasteiger charge is 2.15. The van der Waals surface area contributed by atoms with Gasteiger partial charge in [0.15, 0.2) is 5.82 Å². The van der Waals surface area contributed by atoms with E-state index in [2.05, 4.69) is 16.0 Å². The summed E-state index contributed by atoms with van der Waals surface area (Å²) in [5.74, 6) is -1.36. The molecule has 1 radical (unpaired) electrons. The molecule has 3 rings (SSSR count). The second-order valence-electron chi connectivity index (χ2n) is 4.84. The molecule has 2 aromatic carbocycles. The molecule has 2 N–H and O–H groups in total. The van der Waals surface area contributed by atoms with Crippen molar-refractivity contribution in [2.45, 2.75) is 6.61 Å². The van der Waals surface area contributed by atoms with E-state index in [0.29, 0.717) is 5.69 Å². The van der Waals surface area contributed by atoms with Crippen LogP contribution in [0.4, 0.5) is 14.6 Å². The maximum atomic E-state index is 13.8. The Hall–Kier alpha value is -2.73. The second kappa shape index (κ2) is 6.80. The lowest BCUT2D eigenvalue weighted by Crippen LogP contribution is -2.06. The molecule has 0 unspecified atom stereocenters. The lowest BCUT2D eigenvalue weighted by molar-refractivity contribution is 0.288. The Labute approximate surface area is 141 Å². The monoisotopic (exact) mass is 346 g/mol. The molecule has 0 amide bonds. The Morgan fingerprint density at radius 1 is 1.12 bits per heavy atom. The van der Waals surface area contributed by atoms with Gasteiger partial charge in [0.2, 0.25) is 0 Å². The smallest absolute Gasteiger partial charge is 0.258 e. The zero-order valence-electron chi connectivity index (χ0n) is 12.3. The van der Waals surface area contributed by atoms with Crippen LogP contribution in [0.15, 0.2) is 42.6 Å². The molecule has 0 aliphatic carbocycles. The van der Waals surface area contributed by atoms with Crippen LogP contribution in [0, 0.1) is 17.7 Å². The van der Waals surface area contributed by atoms with Crippen LogP contribution < -0.4 is 10.5 Å². The van der Waals surface area contributed by atoms with E-state index in [1.807, 2.05) is 0 Å². The first-order valence-electron chi connectivity index (χ1n) is 6.90. The number of aromatic nitrogens is 2. The molecular weight excluding hydrogens is 336 g/mol. The van der Waals surface area contributed by atoms with Gasteiger partial charge in [0, 0.05) is 11.1 Å². The zero-order chi connectivity index (χ0) is 17.1. The van der Waals surface area contributed by atoms with E-state index >= 15 is 0 Å². The van der Waals surface area contributed by atoms with Gasteiger partial charge in [-0.1, -0.05) is 35.9 Å². The van der Waals surface area contributed by atoms with Crippen LogP contribution in [0.3, 0.4) is 0 Å². The SMILES string of the molecule is Nc1ncc(-c2cc[c]cc2)nc1OCc1c(F)ccc(F)c1Cl. The number of nitrogen functional groups attached to an aromatic ring is 1. The molecule has 1 heterocycles. The number of hydrogen-bond donors (Lipinski definition) is 1. The first kappa shape index (κ1) is 16.1. The van der Waals surface area contributed by atoms with Crippen molar-refractivity contribution in [3.05, 3.63) is 70.9 Å². The van der Waals surface area contributed by atoms with Crippen LogP contribution in [0.25, 0.3) is 11.3 Å². The van der Waals surface area contributed by atoms with Gasteiger partial charge >= 0.3 is 0 Å². The van der Waals surface area contributed by atoms with Crippen LogP contribution in [-0.2, 0) is 6.61 Å². The quantitative estimate of drug-likeness (QED) is 0.724. The number of halogens is 3. The van der Waals surface area contributed by atoms with Crippen molar-refractivity contribution in [3.8, 4) is 17.1 Å². The average molecular weight is 347 g/mol. The Morgan fingerprint density at radius 2 is 1.83 bits per heavy atom. The van der Waals surface area contributed by atoms with E-state index in [0.717, 1.165) is 17.7 Å². The molecule has 0 spiro atoms. The maximum absolute atomic E-state index is 13.8. The minimum atomic E-state index is -0.731. The first-order valence-corrected chi connectivity index (χ1v) is 7.28. The maximum Gasteiger partial charge on any atom is 0.258 e. The third-order valence-corrected chi connectivity index (χ3v) is 3.68. The van der Waals surface area contributed by atoms with Gasteiger partial charge in [0.1, 0.15) is 18.2 Å². The van der Waals surface area contributed by atoms with Crippen molar-refractivity contribution in [1.82, 2.24) is 9.97 Å².